The van der Waals surface area contributed by atoms with Gasteiger partial charge >= 0.3 is 0 Å². The first-order valence-electron chi connectivity index (χ1n) is 11.5. The summed E-state index contributed by atoms with van der Waals surface area (Å²) in [4.78, 5) is 22.8. The number of pyridine rings is 1. The van der Waals surface area contributed by atoms with Gasteiger partial charge in [0.15, 0.2) is 5.69 Å². The Bertz CT molecular complexity index is 1580. The minimum atomic E-state index is -0.445. The summed E-state index contributed by atoms with van der Waals surface area (Å²) < 4.78 is 21.7. The molecule has 1 aliphatic rings. The fraction of sp³-hybridized carbons (Fsp3) is 0.154. The summed E-state index contributed by atoms with van der Waals surface area (Å²) in [6, 6.07) is 15.7. The molecule has 1 amide bonds. The van der Waals surface area contributed by atoms with E-state index < -0.39 is 5.82 Å². The average Bonchev–Trinajstić information content (AvgIpc) is 3.66. The monoisotopic (exact) mass is 481 g/mol. The number of hydrogen-bond donors (Lipinski definition) is 0. The van der Waals surface area contributed by atoms with E-state index in [-0.39, 0.29) is 17.5 Å². The first kappa shape index (κ1) is 21.8. The molecular weight excluding hydrogens is 461 g/mol. The summed E-state index contributed by atoms with van der Waals surface area (Å²) >= 11 is 0. The van der Waals surface area contributed by atoms with Gasteiger partial charge in [-0.15, -0.1) is 5.10 Å². The molecule has 6 rings (SSSR count). The Morgan fingerprint density at radius 2 is 1.89 bits per heavy atom. The maximum Gasteiger partial charge on any atom is 0.281 e. The van der Waals surface area contributed by atoms with Gasteiger partial charge < -0.3 is 9.42 Å². The van der Waals surface area contributed by atoms with Crippen LogP contribution in [0, 0.1) is 5.82 Å². The smallest absolute Gasteiger partial charge is 0.281 e. The highest BCUT2D eigenvalue weighted by Crippen LogP contribution is 2.35. The molecule has 0 unspecified atom stereocenters. The first-order valence-corrected chi connectivity index (χ1v) is 11.5. The van der Waals surface area contributed by atoms with Gasteiger partial charge in [0.25, 0.3) is 5.89 Å². The molecule has 2 aromatic carbocycles. The predicted molar refractivity (Wildman–Crippen MR) is 130 cm³/mol. The molecule has 0 spiro atoms. The number of carbonyl (C=O) groups excluding carboxylic acids is 1. The second-order valence-corrected chi connectivity index (χ2v) is 8.30. The highest BCUT2D eigenvalue weighted by molar-refractivity contribution is 5.96. The van der Waals surface area contributed by atoms with Crippen LogP contribution in [0.3, 0.4) is 0 Å². The van der Waals surface area contributed by atoms with Crippen molar-refractivity contribution < 1.29 is 13.7 Å². The van der Waals surface area contributed by atoms with E-state index in [0.717, 1.165) is 17.7 Å². The van der Waals surface area contributed by atoms with Gasteiger partial charge in [-0.25, -0.2) is 9.07 Å². The summed E-state index contributed by atoms with van der Waals surface area (Å²) in [5.41, 5.74) is 4.44. The van der Waals surface area contributed by atoms with Gasteiger partial charge in [-0.05, 0) is 42.3 Å². The van der Waals surface area contributed by atoms with Crippen LogP contribution in [0.25, 0.3) is 39.9 Å². The number of benzene rings is 2. The molecule has 0 saturated carbocycles. The van der Waals surface area contributed by atoms with E-state index in [1.165, 1.54) is 10.7 Å². The number of rotatable bonds is 5. The quantitative estimate of drug-likeness (QED) is 0.365. The molecule has 178 valence electrons. The predicted octanol–water partition coefficient (Wildman–Crippen LogP) is 4.48. The zero-order chi connectivity index (χ0) is 24.6. The maximum absolute atomic E-state index is 14.7. The van der Waals surface area contributed by atoms with Gasteiger partial charge in [-0.3, -0.25) is 9.78 Å². The standard InChI is InChI=1S/C26H20FN7O2/c1-2-22(35)33-14-11-16-7-8-18(15-21(16)33)25-29-26(36-31-25)23-24(17-9-12-28-13-10-17)34(32-30-23)20-6-4-3-5-19(20)27/h3-10,12-13,15H,2,11,14H2,1H3. The van der Waals surface area contributed by atoms with Crippen LogP contribution >= 0.6 is 0 Å². The van der Waals surface area contributed by atoms with Crippen LogP contribution in [-0.4, -0.2) is 42.6 Å². The molecule has 0 radical (unpaired) electrons. The number of anilines is 1. The third-order valence-corrected chi connectivity index (χ3v) is 6.18. The molecule has 10 heteroatoms. The number of carbonyl (C=O) groups is 1. The number of fused-ring (bicyclic) bond motifs is 1. The summed E-state index contributed by atoms with van der Waals surface area (Å²) in [5, 5.41) is 12.6. The van der Waals surface area contributed by atoms with Crippen LogP contribution in [0.4, 0.5) is 10.1 Å². The van der Waals surface area contributed by atoms with Crippen molar-refractivity contribution in [3.8, 4) is 39.9 Å². The number of amides is 1. The highest BCUT2D eigenvalue weighted by Gasteiger charge is 2.27. The Kier molecular flexibility index (Phi) is 5.33. The maximum atomic E-state index is 14.7. The van der Waals surface area contributed by atoms with Crippen molar-refractivity contribution in [2.75, 3.05) is 11.4 Å². The SMILES string of the molecule is CCC(=O)N1CCc2ccc(-c3noc(-c4nnn(-c5ccccc5F)c4-c4ccncc4)n3)cc21. The fourth-order valence-electron chi connectivity index (χ4n) is 4.39. The van der Waals surface area contributed by atoms with Gasteiger partial charge in [0.1, 0.15) is 17.2 Å². The van der Waals surface area contributed by atoms with Crippen LogP contribution in [0.5, 0.6) is 0 Å². The molecule has 0 saturated heterocycles. The van der Waals surface area contributed by atoms with Crippen molar-refractivity contribution in [3.63, 3.8) is 0 Å². The van der Waals surface area contributed by atoms with Crippen LogP contribution < -0.4 is 4.90 Å². The first-order chi connectivity index (χ1) is 17.6. The molecule has 5 aromatic rings. The van der Waals surface area contributed by atoms with Crippen molar-refractivity contribution in [1.29, 1.82) is 0 Å². The summed E-state index contributed by atoms with van der Waals surface area (Å²) in [7, 11) is 0. The van der Waals surface area contributed by atoms with Crippen LogP contribution in [-0.2, 0) is 11.2 Å². The summed E-state index contributed by atoms with van der Waals surface area (Å²) in [5.74, 6) is 0.123. The third-order valence-electron chi connectivity index (χ3n) is 6.18. The molecule has 1 aliphatic heterocycles. The lowest BCUT2D eigenvalue weighted by atomic mass is 10.1. The van der Waals surface area contributed by atoms with Gasteiger partial charge in [0.05, 0.1) is 0 Å². The summed E-state index contributed by atoms with van der Waals surface area (Å²) in [6.45, 7) is 2.52. The number of aromatic nitrogens is 6. The Labute approximate surface area is 205 Å². The van der Waals surface area contributed by atoms with Gasteiger partial charge in [0.2, 0.25) is 11.7 Å². The Hall–Kier alpha value is -4.73. The van der Waals surface area contributed by atoms with Gasteiger partial charge in [-0.1, -0.05) is 41.6 Å². The Balaban J connectivity index is 1.43. The van der Waals surface area contributed by atoms with Crippen molar-refractivity contribution >= 4 is 11.6 Å². The largest absolute Gasteiger partial charge is 0.332 e. The number of hydrogen-bond acceptors (Lipinski definition) is 7. The van der Waals surface area contributed by atoms with Gasteiger partial charge in [0, 0.05) is 42.2 Å². The minimum absolute atomic E-state index is 0.0754. The van der Waals surface area contributed by atoms with Crippen LogP contribution in [0.1, 0.15) is 18.9 Å². The van der Waals surface area contributed by atoms with Crippen molar-refractivity contribution in [2.45, 2.75) is 19.8 Å². The molecule has 36 heavy (non-hydrogen) atoms. The Morgan fingerprint density at radius 3 is 2.69 bits per heavy atom. The minimum Gasteiger partial charge on any atom is -0.332 e. The van der Waals surface area contributed by atoms with Crippen molar-refractivity contribution in [1.82, 2.24) is 30.1 Å². The van der Waals surface area contributed by atoms with Gasteiger partial charge in [-0.2, -0.15) is 4.98 Å². The van der Waals surface area contributed by atoms with Crippen molar-refractivity contribution in [2.24, 2.45) is 0 Å². The average molecular weight is 481 g/mol. The van der Waals surface area contributed by atoms with Crippen molar-refractivity contribution in [3.05, 3.63) is 78.4 Å². The molecule has 9 nitrogen and oxygen atoms in total. The number of nitrogens with zero attached hydrogens (tertiary/aromatic N) is 7. The molecule has 0 bridgehead atoms. The zero-order valence-electron chi connectivity index (χ0n) is 19.3. The van der Waals surface area contributed by atoms with E-state index in [4.69, 9.17) is 4.52 Å². The molecule has 0 atom stereocenters. The second kappa shape index (κ2) is 8.81. The van der Waals surface area contributed by atoms with E-state index in [0.29, 0.717) is 41.3 Å². The summed E-state index contributed by atoms with van der Waals surface area (Å²) in [6.07, 6.45) is 4.51. The van der Waals surface area contributed by atoms with E-state index in [9.17, 15) is 9.18 Å². The third kappa shape index (κ3) is 3.63. The molecule has 4 heterocycles. The number of halogens is 1. The molecule has 3 aromatic heterocycles. The topological polar surface area (TPSA) is 103 Å². The zero-order valence-corrected chi connectivity index (χ0v) is 19.3. The second-order valence-electron chi connectivity index (χ2n) is 8.30. The lowest BCUT2D eigenvalue weighted by molar-refractivity contribution is -0.118. The van der Waals surface area contributed by atoms with Crippen LogP contribution in [0.2, 0.25) is 0 Å². The lowest BCUT2D eigenvalue weighted by Crippen LogP contribution is -2.27. The molecular formula is C26H20FN7O2. The van der Waals surface area contributed by atoms with E-state index in [1.54, 1.807) is 47.6 Å². The van der Waals surface area contributed by atoms with E-state index in [1.807, 2.05) is 25.1 Å². The van der Waals surface area contributed by atoms with Crippen LogP contribution in [0.15, 0.2) is 71.5 Å². The molecule has 0 aliphatic carbocycles. The van der Waals surface area contributed by atoms with E-state index in [2.05, 4.69) is 25.4 Å². The fourth-order valence-corrected chi connectivity index (χ4v) is 4.39. The van der Waals surface area contributed by atoms with E-state index >= 15 is 0 Å². The molecule has 0 N–H and O–H groups in total. The normalized spacial score (nSPS) is 12.7. The highest BCUT2D eigenvalue weighted by atomic mass is 19.1. The molecule has 0 fully saturated rings. The lowest BCUT2D eigenvalue weighted by Gasteiger charge is -2.16. The Morgan fingerprint density at radius 1 is 1.06 bits per heavy atom. The number of para-hydroxylation sites is 1.